The molecule has 0 unspecified atom stereocenters. The van der Waals surface area contributed by atoms with Crippen molar-refractivity contribution in [3.63, 3.8) is 0 Å². The molecule has 0 saturated heterocycles. The summed E-state index contributed by atoms with van der Waals surface area (Å²) in [7, 11) is 0. The molecule has 101 valence electrons. The van der Waals surface area contributed by atoms with E-state index in [-0.39, 0.29) is 18.6 Å². The average molecular weight is 279 g/mol. The molecule has 0 aromatic carbocycles. The van der Waals surface area contributed by atoms with E-state index in [0.717, 1.165) is 19.3 Å². The van der Waals surface area contributed by atoms with Gasteiger partial charge in [-0.25, -0.2) is 14.7 Å². The van der Waals surface area contributed by atoms with Gasteiger partial charge in [-0.15, -0.1) is 0 Å². The summed E-state index contributed by atoms with van der Waals surface area (Å²) in [5.74, 6) is 0. The first-order valence-corrected chi connectivity index (χ1v) is 5.04. The van der Waals surface area contributed by atoms with Gasteiger partial charge in [-0.1, -0.05) is 20.8 Å². The van der Waals surface area contributed by atoms with Gasteiger partial charge in [0.1, 0.15) is 0 Å². The summed E-state index contributed by atoms with van der Waals surface area (Å²) < 4.78 is 0. The van der Waals surface area contributed by atoms with Crippen molar-refractivity contribution in [3.05, 3.63) is 0 Å². The summed E-state index contributed by atoms with van der Waals surface area (Å²) in [5.41, 5.74) is 0. The molecule has 0 aliphatic carbocycles. The monoisotopic (exact) mass is 279 g/mol. The van der Waals surface area contributed by atoms with Crippen molar-refractivity contribution < 1.29 is 49.0 Å². The van der Waals surface area contributed by atoms with Gasteiger partial charge in [0, 0.05) is 18.6 Å². The minimum atomic E-state index is 0. The third-order valence-electron chi connectivity index (χ3n) is 0.886. The second-order valence-corrected chi connectivity index (χ2v) is 2.50. The van der Waals surface area contributed by atoms with Gasteiger partial charge in [-0.3, -0.25) is 15.8 Å². The molecule has 1 radical (unpaired) electrons. The number of hydrogen-bond donors (Lipinski definition) is 3. The van der Waals surface area contributed by atoms with Gasteiger partial charge in [-0.05, 0) is 19.3 Å². The third kappa shape index (κ3) is 63.5. The maximum absolute atomic E-state index is 7.57. The van der Waals surface area contributed by atoms with Crippen LogP contribution < -0.4 is 0 Å². The van der Waals surface area contributed by atoms with Crippen molar-refractivity contribution in [1.29, 1.82) is 0 Å². The molecule has 0 atom stereocenters. The van der Waals surface area contributed by atoms with Crippen LogP contribution in [-0.2, 0) is 33.2 Å². The Hall–Kier alpha value is 0.344. The summed E-state index contributed by atoms with van der Waals surface area (Å²) in [6, 6.07) is 0. The number of hydrogen-bond acceptors (Lipinski definition) is 6. The van der Waals surface area contributed by atoms with Crippen molar-refractivity contribution in [2.75, 3.05) is 19.8 Å². The van der Waals surface area contributed by atoms with Crippen LogP contribution in [0.15, 0.2) is 0 Å². The van der Waals surface area contributed by atoms with E-state index in [1.165, 1.54) is 0 Å². The van der Waals surface area contributed by atoms with Crippen LogP contribution in [0.25, 0.3) is 0 Å². The van der Waals surface area contributed by atoms with Gasteiger partial charge in [0.2, 0.25) is 0 Å². The Bertz CT molecular complexity index is 56.8. The predicted octanol–water partition coefficient (Wildman–Crippen LogP) is 2.66. The molecule has 0 saturated carbocycles. The Morgan fingerprint density at radius 1 is 0.625 bits per heavy atom. The normalized spacial score (nSPS) is 7.88. The topological polar surface area (TPSA) is 88.4 Å². The Morgan fingerprint density at radius 2 is 0.812 bits per heavy atom. The zero-order valence-corrected chi connectivity index (χ0v) is 11.7. The van der Waals surface area contributed by atoms with E-state index < -0.39 is 0 Å². The average Bonchev–Trinajstić information content (AvgIpc) is 2.23. The zero-order valence-electron chi connectivity index (χ0n) is 10.3. The van der Waals surface area contributed by atoms with Crippen LogP contribution >= 0.6 is 0 Å². The molecule has 7 heteroatoms. The fraction of sp³-hybridized carbons (Fsp3) is 1.00. The molecule has 0 aromatic heterocycles. The van der Waals surface area contributed by atoms with Crippen molar-refractivity contribution in [2.24, 2.45) is 0 Å². The summed E-state index contributed by atoms with van der Waals surface area (Å²) in [6.45, 7) is 7.11. The van der Waals surface area contributed by atoms with E-state index >= 15 is 0 Å². The fourth-order valence-corrected chi connectivity index (χ4v) is 0.274. The van der Waals surface area contributed by atoms with Gasteiger partial charge in [0.05, 0.1) is 19.8 Å². The molecular formula is C9H24O6V. The molecule has 0 rings (SSSR count). The van der Waals surface area contributed by atoms with Crippen LogP contribution in [0.1, 0.15) is 40.0 Å². The van der Waals surface area contributed by atoms with Crippen LogP contribution in [0.3, 0.4) is 0 Å². The van der Waals surface area contributed by atoms with E-state index in [9.17, 15) is 0 Å². The first kappa shape index (κ1) is 25.3. The largest absolute Gasteiger partial charge is 0.252 e. The standard InChI is InChI=1S/3C3H8O2.V/c3*1-2-3-5-4;/h3*4H,2-3H2,1H3;. The summed E-state index contributed by atoms with van der Waals surface area (Å²) in [4.78, 5) is 11.1. The SMILES string of the molecule is CCCOO.CCCOO.CCCOO.[V]. The van der Waals surface area contributed by atoms with Crippen molar-refractivity contribution in [3.8, 4) is 0 Å². The second kappa shape index (κ2) is 36.2. The molecule has 0 heterocycles. The van der Waals surface area contributed by atoms with Crippen LogP contribution in [0.5, 0.6) is 0 Å². The molecule has 0 bridgehead atoms. The smallest absolute Gasteiger partial charge is 0.0817 e. The number of rotatable bonds is 6. The molecule has 16 heavy (non-hydrogen) atoms. The van der Waals surface area contributed by atoms with Crippen molar-refractivity contribution in [1.82, 2.24) is 0 Å². The van der Waals surface area contributed by atoms with Gasteiger partial charge < -0.3 is 0 Å². The maximum atomic E-state index is 7.57. The van der Waals surface area contributed by atoms with E-state index in [1.54, 1.807) is 0 Å². The fourth-order valence-electron chi connectivity index (χ4n) is 0.274. The minimum Gasteiger partial charge on any atom is -0.252 e. The first-order valence-electron chi connectivity index (χ1n) is 5.04. The maximum Gasteiger partial charge on any atom is 0.0817 e. The Morgan fingerprint density at radius 3 is 0.812 bits per heavy atom. The quantitative estimate of drug-likeness (QED) is 0.511. The Labute approximate surface area is 109 Å². The predicted molar refractivity (Wildman–Crippen MR) is 56.6 cm³/mol. The minimum absolute atomic E-state index is 0. The molecule has 0 aliphatic rings. The molecule has 3 N–H and O–H groups in total. The van der Waals surface area contributed by atoms with Crippen molar-refractivity contribution >= 4 is 0 Å². The van der Waals surface area contributed by atoms with Crippen LogP contribution in [0.4, 0.5) is 0 Å². The molecule has 0 amide bonds. The molecular weight excluding hydrogens is 255 g/mol. The van der Waals surface area contributed by atoms with Crippen LogP contribution in [0.2, 0.25) is 0 Å². The molecule has 0 spiro atoms. The molecule has 0 fully saturated rings. The van der Waals surface area contributed by atoms with Crippen LogP contribution in [-0.4, -0.2) is 35.6 Å². The molecule has 0 aliphatic heterocycles. The van der Waals surface area contributed by atoms with E-state index in [4.69, 9.17) is 15.8 Å². The van der Waals surface area contributed by atoms with E-state index in [0.29, 0.717) is 19.8 Å². The van der Waals surface area contributed by atoms with Crippen LogP contribution in [0, 0.1) is 0 Å². The van der Waals surface area contributed by atoms with Gasteiger partial charge >= 0.3 is 0 Å². The van der Waals surface area contributed by atoms with Gasteiger partial charge in [-0.2, -0.15) is 0 Å². The van der Waals surface area contributed by atoms with Crippen molar-refractivity contribution in [2.45, 2.75) is 40.0 Å². The van der Waals surface area contributed by atoms with E-state index in [1.807, 2.05) is 20.8 Å². The Balaban J connectivity index is -0.0000000655. The summed E-state index contributed by atoms with van der Waals surface area (Å²) in [5, 5.41) is 22.7. The van der Waals surface area contributed by atoms with Gasteiger partial charge in [0.15, 0.2) is 0 Å². The van der Waals surface area contributed by atoms with E-state index in [2.05, 4.69) is 14.7 Å². The third-order valence-corrected chi connectivity index (χ3v) is 0.886. The second-order valence-electron chi connectivity index (χ2n) is 2.50. The zero-order chi connectivity index (χ0) is 12.4. The first-order chi connectivity index (χ1) is 7.24. The summed E-state index contributed by atoms with van der Waals surface area (Å²) >= 11 is 0. The molecule has 0 aromatic rings. The summed E-state index contributed by atoms with van der Waals surface area (Å²) in [6.07, 6.45) is 2.61. The van der Waals surface area contributed by atoms with Gasteiger partial charge in [0.25, 0.3) is 0 Å². The molecule has 6 nitrogen and oxygen atoms in total. The Kier molecular flexibility index (Phi) is 57.1.